The van der Waals surface area contributed by atoms with Crippen LogP contribution >= 0.6 is 0 Å². The first-order chi connectivity index (χ1) is 10.8. The lowest BCUT2D eigenvalue weighted by Gasteiger charge is -2.36. The van der Waals surface area contributed by atoms with E-state index in [4.69, 9.17) is 4.74 Å². The third kappa shape index (κ3) is 4.67. The lowest BCUT2D eigenvalue weighted by Crippen LogP contribution is -2.39. The van der Waals surface area contributed by atoms with Crippen LogP contribution in [0.3, 0.4) is 0 Å². The summed E-state index contributed by atoms with van der Waals surface area (Å²) >= 11 is 0. The number of nitrogens with zero attached hydrogens (tertiary/aromatic N) is 1. The molecule has 128 valence electrons. The monoisotopic (exact) mass is 310 g/mol. The Hall–Kier alpha value is -0.160. The Morgan fingerprint density at radius 2 is 1.59 bits per heavy atom. The number of nitrogens with one attached hydrogen (secondary N) is 1. The van der Waals surface area contributed by atoms with E-state index in [0.29, 0.717) is 17.9 Å². The summed E-state index contributed by atoms with van der Waals surface area (Å²) in [5.74, 6) is 1.04. The third-order valence-corrected chi connectivity index (χ3v) is 6.03. The van der Waals surface area contributed by atoms with Crippen LogP contribution in [0.1, 0.15) is 51.4 Å². The van der Waals surface area contributed by atoms with Crippen molar-refractivity contribution in [3.05, 3.63) is 0 Å². The van der Waals surface area contributed by atoms with Crippen molar-refractivity contribution in [3.8, 4) is 0 Å². The Kier molecular flexibility index (Phi) is 6.54. The average molecular weight is 310 g/mol. The first kappa shape index (κ1) is 16.7. The number of hydrogen-bond acceptors (Lipinski definition) is 4. The highest BCUT2D eigenvalue weighted by Gasteiger charge is 2.32. The summed E-state index contributed by atoms with van der Waals surface area (Å²) in [5, 5.41) is 14.0. The molecule has 2 heterocycles. The third-order valence-electron chi connectivity index (χ3n) is 6.03. The number of ether oxygens (including phenoxy) is 1. The van der Waals surface area contributed by atoms with E-state index in [0.717, 1.165) is 64.8 Å². The Bertz CT molecular complexity index is 306. The largest absolute Gasteiger partial charge is 0.393 e. The summed E-state index contributed by atoms with van der Waals surface area (Å²) in [4.78, 5) is 2.52. The van der Waals surface area contributed by atoms with Crippen molar-refractivity contribution in [2.45, 2.75) is 63.6 Å². The quantitative estimate of drug-likeness (QED) is 0.788. The maximum absolute atomic E-state index is 10.6. The molecule has 2 aliphatic heterocycles. The molecular formula is C18H34N2O2. The van der Waals surface area contributed by atoms with E-state index in [2.05, 4.69) is 10.2 Å². The van der Waals surface area contributed by atoms with Crippen LogP contribution in [-0.4, -0.2) is 61.5 Å². The molecule has 0 aromatic carbocycles. The van der Waals surface area contributed by atoms with Gasteiger partial charge < -0.3 is 20.1 Å². The fraction of sp³-hybridized carbons (Fsp3) is 1.00. The van der Waals surface area contributed by atoms with E-state index in [1.165, 1.54) is 25.9 Å². The zero-order valence-electron chi connectivity index (χ0n) is 14.0. The molecule has 0 spiro atoms. The normalized spacial score (nSPS) is 33.1. The standard InChI is InChI=1S/C18H34N2O2/c21-18(16-7-9-19-10-8-16)15-3-5-17(6-4-15)22-14-13-20-11-1-2-12-20/h15-19,21H,1-14H2. The van der Waals surface area contributed by atoms with E-state index in [1.807, 2.05) is 0 Å². The minimum absolute atomic E-state index is 0.0763. The van der Waals surface area contributed by atoms with Gasteiger partial charge in [0, 0.05) is 6.54 Å². The molecule has 1 atom stereocenters. The first-order valence-corrected chi connectivity index (χ1v) is 9.55. The van der Waals surface area contributed by atoms with Crippen LogP contribution in [-0.2, 0) is 4.74 Å². The van der Waals surface area contributed by atoms with E-state index in [9.17, 15) is 5.11 Å². The van der Waals surface area contributed by atoms with Gasteiger partial charge >= 0.3 is 0 Å². The van der Waals surface area contributed by atoms with Gasteiger partial charge in [0.2, 0.25) is 0 Å². The Balaban J connectivity index is 1.31. The summed E-state index contributed by atoms with van der Waals surface area (Å²) in [7, 11) is 0. The van der Waals surface area contributed by atoms with Gasteiger partial charge in [-0.25, -0.2) is 0 Å². The second-order valence-electron chi connectivity index (χ2n) is 7.53. The van der Waals surface area contributed by atoms with Gasteiger partial charge in [-0.15, -0.1) is 0 Å². The SMILES string of the molecule is OC(C1CCNCC1)C1CCC(OCCN2CCCC2)CC1. The highest BCUT2D eigenvalue weighted by Crippen LogP contribution is 2.33. The van der Waals surface area contributed by atoms with Crippen LogP contribution in [0.2, 0.25) is 0 Å². The topological polar surface area (TPSA) is 44.7 Å². The van der Waals surface area contributed by atoms with Gasteiger partial charge in [0.15, 0.2) is 0 Å². The molecule has 1 aliphatic carbocycles. The maximum atomic E-state index is 10.6. The molecule has 0 radical (unpaired) electrons. The van der Waals surface area contributed by atoms with Crippen molar-refractivity contribution >= 4 is 0 Å². The summed E-state index contributed by atoms with van der Waals surface area (Å²) in [6, 6.07) is 0. The molecular weight excluding hydrogens is 276 g/mol. The molecule has 2 N–H and O–H groups in total. The molecule has 2 saturated heterocycles. The molecule has 4 nitrogen and oxygen atoms in total. The molecule has 3 rings (SSSR count). The van der Waals surface area contributed by atoms with Crippen molar-refractivity contribution in [1.29, 1.82) is 0 Å². The van der Waals surface area contributed by atoms with Crippen molar-refractivity contribution in [3.63, 3.8) is 0 Å². The number of likely N-dealkylation sites (tertiary alicyclic amines) is 1. The zero-order valence-corrected chi connectivity index (χ0v) is 14.0. The minimum atomic E-state index is -0.0763. The molecule has 0 aromatic rings. The molecule has 22 heavy (non-hydrogen) atoms. The number of aliphatic hydroxyl groups is 1. The number of aliphatic hydroxyl groups excluding tert-OH is 1. The molecule has 3 aliphatic rings. The Morgan fingerprint density at radius 3 is 2.27 bits per heavy atom. The maximum Gasteiger partial charge on any atom is 0.0597 e. The lowest BCUT2D eigenvalue weighted by molar-refractivity contribution is -0.0278. The van der Waals surface area contributed by atoms with Crippen molar-refractivity contribution < 1.29 is 9.84 Å². The number of hydrogen-bond donors (Lipinski definition) is 2. The lowest BCUT2D eigenvalue weighted by atomic mass is 9.77. The van der Waals surface area contributed by atoms with Gasteiger partial charge in [-0.2, -0.15) is 0 Å². The second kappa shape index (κ2) is 8.62. The van der Waals surface area contributed by atoms with E-state index >= 15 is 0 Å². The van der Waals surface area contributed by atoms with E-state index in [1.54, 1.807) is 0 Å². The molecule has 0 amide bonds. The smallest absolute Gasteiger partial charge is 0.0597 e. The summed E-state index contributed by atoms with van der Waals surface area (Å²) in [6.45, 7) is 6.69. The summed E-state index contributed by atoms with van der Waals surface area (Å²) < 4.78 is 6.09. The highest BCUT2D eigenvalue weighted by atomic mass is 16.5. The molecule has 0 bridgehead atoms. The van der Waals surface area contributed by atoms with Crippen molar-refractivity contribution in [2.24, 2.45) is 11.8 Å². The van der Waals surface area contributed by atoms with Crippen LogP contribution in [0.25, 0.3) is 0 Å². The number of piperidine rings is 1. The van der Waals surface area contributed by atoms with E-state index in [-0.39, 0.29) is 6.10 Å². The van der Waals surface area contributed by atoms with Gasteiger partial charge in [0.1, 0.15) is 0 Å². The molecule has 0 aromatic heterocycles. The first-order valence-electron chi connectivity index (χ1n) is 9.55. The molecule has 1 unspecified atom stereocenters. The van der Waals surface area contributed by atoms with Crippen molar-refractivity contribution in [1.82, 2.24) is 10.2 Å². The fourth-order valence-corrected chi connectivity index (χ4v) is 4.52. The minimum Gasteiger partial charge on any atom is -0.393 e. The predicted octanol–water partition coefficient (Wildman–Crippen LogP) is 2.02. The number of rotatable bonds is 6. The molecule has 4 heteroatoms. The van der Waals surface area contributed by atoms with Gasteiger partial charge in [-0.1, -0.05) is 0 Å². The zero-order chi connectivity index (χ0) is 15.2. The van der Waals surface area contributed by atoms with Crippen LogP contribution < -0.4 is 5.32 Å². The van der Waals surface area contributed by atoms with Gasteiger partial charge in [-0.05, 0) is 89.4 Å². The highest BCUT2D eigenvalue weighted by molar-refractivity contribution is 4.84. The van der Waals surface area contributed by atoms with Crippen molar-refractivity contribution in [2.75, 3.05) is 39.3 Å². The van der Waals surface area contributed by atoms with Gasteiger partial charge in [-0.3, -0.25) is 0 Å². The molecule has 3 fully saturated rings. The molecule has 1 saturated carbocycles. The summed E-state index contributed by atoms with van der Waals surface area (Å²) in [6.07, 6.45) is 9.98. The van der Waals surface area contributed by atoms with Crippen LogP contribution in [0.5, 0.6) is 0 Å². The van der Waals surface area contributed by atoms with E-state index < -0.39 is 0 Å². The Labute approximate surface area is 135 Å². The van der Waals surface area contributed by atoms with Gasteiger partial charge in [0.25, 0.3) is 0 Å². The van der Waals surface area contributed by atoms with Crippen LogP contribution in [0.4, 0.5) is 0 Å². The van der Waals surface area contributed by atoms with Crippen LogP contribution in [0, 0.1) is 11.8 Å². The predicted molar refractivity (Wildman–Crippen MR) is 89.0 cm³/mol. The summed E-state index contributed by atoms with van der Waals surface area (Å²) in [5.41, 5.74) is 0. The van der Waals surface area contributed by atoms with Crippen LogP contribution in [0.15, 0.2) is 0 Å². The van der Waals surface area contributed by atoms with Gasteiger partial charge in [0.05, 0.1) is 18.8 Å². The fourth-order valence-electron chi connectivity index (χ4n) is 4.52. The second-order valence-corrected chi connectivity index (χ2v) is 7.53. The average Bonchev–Trinajstić information content (AvgIpc) is 3.09. The Morgan fingerprint density at radius 1 is 0.955 bits per heavy atom.